The summed E-state index contributed by atoms with van der Waals surface area (Å²) in [6, 6.07) is 15.5. The van der Waals surface area contributed by atoms with Crippen LogP contribution in [-0.4, -0.2) is 23.5 Å². The monoisotopic (exact) mass is 472 g/mol. The van der Waals surface area contributed by atoms with E-state index in [-0.39, 0.29) is 5.82 Å². The molecule has 5 heteroatoms. The van der Waals surface area contributed by atoms with Crippen molar-refractivity contribution in [2.75, 3.05) is 24.2 Å². The van der Waals surface area contributed by atoms with Crippen LogP contribution in [0.5, 0.6) is 0 Å². The molecule has 0 fully saturated rings. The summed E-state index contributed by atoms with van der Waals surface area (Å²) in [5, 5.41) is 6.48. The molecular weight excluding hydrogens is 435 g/mol. The van der Waals surface area contributed by atoms with E-state index < -0.39 is 0 Å². The second-order valence-electron chi connectivity index (χ2n) is 8.75. The maximum atomic E-state index is 15.0. The lowest BCUT2D eigenvalue weighted by Crippen LogP contribution is -2.21. The number of benzene rings is 2. The maximum absolute atomic E-state index is 15.0. The van der Waals surface area contributed by atoms with Crippen LogP contribution in [-0.2, 0) is 6.54 Å². The molecule has 0 bridgehead atoms. The van der Waals surface area contributed by atoms with Gasteiger partial charge >= 0.3 is 0 Å². The van der Waals surface area contributed by atoms with Crippen molar-refractivity contribution in [1.82, 2.24) is 9.88 Å². The van der Waals surface area contributed by atoms with Gasteiger partial charge in [0.25, 0.3) is 0 Å². The number of hydrogen-bond acceptors (Lipinski definition) is 4. The van der Waals surface area contributed by atoms with Crippen LogP contribution < -0.4 is 10.6 Å². The van der Waals surface area contributed by atoms with Crippen LogP contribution in [0.4, 0.5) is 15.8 Å². The molecule has 1 heterocycles. The molecular formula is C30H37FN4. The smallest absolute Gasteiger partial charge is 0.154 e. The zero-order chi connectivity index (χ0) is 25.4. The van der Waals surface area contributed by atoms with E-state index in [0.29, 0.717) is 11.3 Å². The van der Waals surface area contributed by atoms with E-state index in [1.165, 1.54) is 0 Å². The topological polar surface area (TPSA) is 40.2 Å². The molecule has 0 aliphatic rings. The van der Waals surface area contributed by atoms with E-state index in [1.54, 1.807) is 13.1 Å². The molecule has 3 rings (SSSR count). The van der Waals surface area contributed by atoms with E-state index in [4.69, 9.17) is 4.98 Å². The number of anilines is 2. The van der Waals surface area contributed by atoms with Crippen LogP contribution in [0.3, 0.4) is 0 Å². The third kappa shape index (κ3) is 6.30. The summed E-state index contributed by atoms with van der Waals surface area (Å²) in [4.78, 5) is 7.03. The second-order valence-corrected chi connectivity index (χ2v) is 8.75. The molecule has 0 aliphatic heterocycles. The van der Waals surface area contributed by atoms with Gasteiger partial charge in [-0.15, -0.1) is 0 Å². The van der Waals surface area contributed by atoms with Gasteiger partial charge < -0.3 is 15.5 Å². The van der Waals surface area contributed by atoms with Crippen LogP contribution in [0.2, 0.25) is 0 Å². The number of allylic oxidation sites excluding steroid dienone is 2. The Morgan fingerprint density at radius 3 is 2.37 bits per heavy atom. The summed E-state index contributed by atoms with van der Waals surface area (Å²) in [6.07, 6.45) is 6.01. The highest BCUT2D eigenvalue weighted by Crippen LogP contribution is 2.34. The third-order valence-electron chi connectivity index (χ3n) is 6.08. The molecule has 184 valence electrons. The predicted octanol–water partition coefficient (Wildman–Crippen LogP) is 7.85. The summed E-state index contributed by atoms with van der Waals surface area (Å²) in [7, 11) is 1.73. The van der Waals surface area contributed by atoms with Gasteiger partial charge in [0.1, 0.15) is 0 Å². The van der Waals surface area contributed by atoms with E-state index in [9.17, 15) is 0 Å². The van der Waals surface area contributed by atoms with Crippen molar-refractivity contribution in [2.24, 2.45) is 0 Å². The number of hydrogen-bond donors (Lipinski definition) is 2. The van der Waals surface area contributed by atoms with Gasteiger partial charge in [0.15, 0.2) is 5.82 Å². The van der Waals surface area contributed by atoms with Crippen molar-refractivity contribution in [3.63, 3.8) is 0 Å². The summed E-state index contributed by atoms with van der Waals surface area (Å²) in [5.41, 5.74) is 7.87. The van der Waals surface area contributed by atoms with Gasteiger partial charge in [0.05, 0.1) is 17.1 Å². The average molecular weight is 473 g/mol. The molecule has 0 unspecified atom stereocenters. The number of rotatable bonds is 11. The van der Waals surface area contributed by atoms with Gasteiger partial charge in [-0.1, -0.05) is 56.8 Å². The minimum atomic E-state index is -0.247. The second kappa shape index (κ2) is 12.2. The summed E-state index contributed by atoms with van der Waals surface area (Å²) >= 11 is 0. The molecule has 2 N–H and O–H groups in total. The SMILES string of the molecule is C=C(C)N(CCC)Cc1ccc(/C(=C/CC)Nc2cccc(-c3cccc(NC)c3F)c2C)nc1. The first-order valence-corrected chi connectivity index (χ1v) is 12.3. The van der Waals surface area contributed by atoms with Crippen LogP contribution in [0.15, 0.2) is 73.1 Å². The molecule has 0 radical (unpaired) electrons. The average Bonchev–Trinajstić information content (AvgIpc) is 2.85. The molecule has 4 nitrogen and oxygen atoms in total. The molecule has 0 saturated heterocycles. The van der Waals surface area contributed by atoms with Crippen molar-refractivity contribution < 1.29 is 4.39 Å². The van der Waals surface area contributed by atoms with Crippen LogP contribution in [0.1, 0.15) is 50.4 Å². The van der Waals surface area contributed by atoms with Crippen molar-refractivity contribution in [3.05, 3.63) is 95.7 Å². The first kappa shape index (κ1) is 26.0. The summed E-state index contributed by atoms with van der Waals surface area (Å²) in [5.74, 6) is -0.247. The molecule has 0 amide bonds. The standard InChI is InChI=1S/C30H37FN4/c1-7-11-28(27-17-16-23(19-33-27)20-35(18-8-2)21(3)4)34-26-14-9-12-24(22(26)5)25-13-10-15-29(32-6)30(25)31/h9-17,19,32,34H,3,7-8,18,20H2,1-2,4-6H3/b28-11-. The normalized spacial score (nSPS) is 11.3. The third-order valence-corrected chi connectivity index (χ3v) is 6.08. The summed E-state index contributed by atoms with van der Waals surface area (Å²) in [6.45, 7) is 14.2. The Kier molecular flexibility index (Phi) is 9.07. The lowest BCUT2D eigenvalue weighted by atomic mass is 9.98. The Morgan fingerprint density at radius 1 is 1.06 bits per heavy atom. The van der Waals surface area contributed by atoms with Crippen molar-refractivity contribution in [2.45, 2.75) is 47.1 Å². The number of nitrogens with zero attached hydrogens (tertiary/aromatic N) is 2. The molecule has 2 aromatic carbocycles. The molecule has 35 heavy (non-hydrogen) atoms. The molecule has 1 aromatic heterocycles. The highest BCUT2D eigenvalue weighted by atomic mass is 19.1. The molecule has 3 aromatic rings. The molecule has 0 saturated carbocycles. The molecule has 0 spiro atoms. The van der Waals surface area contributed by atoms with Gasteiger partial charge in [-0.3, -0.25) is 4.98 Å². The molecule has 0 atom stereocenters. The quantitative estimate of drug-likeness (QED) is 0.298. The zero-order valence-corrected chi connectivity index (χ0v) is 21.6. The summed E-state index contributed by atoms with van der Waals surface area (Å²) < 4.78 is 15.0. The Labute approximate surface area is 209 Å². The van der Waals surface area contributed by atoms with Crippen molar-refractivity contribution in [1.29, 1.82) is 0 Å². The first-order valence-electron chi connectivity index (χ1n) is 12.3. The largest absolute Gasteiger partial charge is 0.386 e. The van der Waals surface area contributed by atoms with E-state index in [0.717, 1.165) is 65.4 Å². The lowest BCUT2D eigenvalue weighted by Gasteiger charge is -2.24. The van der Waals surface area contributed by atoms with Crippen LogP contribution in [0.25, 0.3) is 16.8 Å². The highest BCUT2D eigenvalue weighted by Gasteiger charge is 2.14. The van der Waals surface area contributed by atoms with Crippen molar-refractivity contribution in [3.8, 4) is 11.1 Å². The van der Waals surface area contributed by atoms with E-state index in [2.05, 4.69) is 54.2 Å². The molecule has 0 aliphatic carbocycles. The van der Waals surface area contributed by atoms with Gasteiger partial charge in [-0.2, -0.15) is 0 Å². The minimum absolute atomic E-state index is 0.247. The Balaban J connectivity index is 1.88. The van der Waals surface area contributed by atoms with Gasteiger partial charge in [0.2, 0.25) is 0 Å². The lowest BCUT2D eigenvalue weighted by molar-refractivity contribution is 0.339. The predicted molar refractivity (Wildman–Crippen MR) is 148 cm³/mol. The van der Waals surface area contributed by atoms with Crippen LogP contribution >= 0.6 is 0 Å². The number of pyridine rings is 1. The fraction of sp³-hybridized carbons (Fsp3) is 0.300. The highest BCUT2D eigenvalue weighted by molar-refractivity contribution is 5.82. The van der Waals surface area contributed by atoms with Gasteiger partial charge in [-0.05, 0) is 61.6 Å². The Bertz CT molecular complexity index is 1180. The van der Waals surface area contributed by atoms with Gasteiger partial charge in [0, 0.05) is 43.3 Å². The number of nitrogens with one attached hydrogen (secondary N) is 2. The Morgan fingerprint density at radius 2 is 1.77 bits per heavy atom. The first-order chi connectivity index (χ1) is 16.9. The number of aromatic nitrogens is 1. The van der Waals surface area contributed by atoms with E-state index in [1.807, 2.05) is 50.4 Å². The van der Waals surface area contributed by atoms with E-state index >= 15 is 4.39 Å². The van der Waals surface area contributed by atoms with Gasteiger partial charge in [-0.25, -0.2) is 4.39 Å². The number of halogens is 1. The van der Waals surface area contributed by atoms with Crippen LogP contribution in [0, 0.1) is 12.7 Å². The zero-order valence-electron chi connectivity index (χ0n) is 21.6. The maximum Gasteiger partial charge on any atom is 0.154 e. The van der Waals surface area contributed by atoms with Crippen molar-refractivity contribution >= 4 is 17.1 Å². The minimum Gasteiger partial charge on any atom is -0.386 e. The Hall–Kier alpha value is -3.60. The fourth-order valence-corrected chi connectivity index (χ4v) is 4.14. The fourth-order valence-electron chi connectivity index (χ4n) is 4.14.